The Morgan fingerprint density at radius 2 is 1.96 bits per heavy atom. The highest BCUT2D eigenvalue weighted by Gasteiger charge is 2.28. The molecule has 1 fully saturated rings. The first-order valence-electron chi connectivity index (χ1n) is 8.86. The minimum atomic E-state index is 0.0540. The van der Waals surface area contributed by atoms with E-state index in [2.05, 4.69) is 26.6 Å². The number of amides is 1. The topological polar surface area (TPSA) is 68.8 Å². The van der Waals surface area contributed by atoms with Crippen LogP contribution in [0.1, 0.15) is 35.1 Å². The van der Waals surface area contributed by atoms with Gasteiger partial charge in [-0.1, -0.05) is 0 Å². The van der Waals surface area contributed by atoms with Crippen LogP contribution in [0.2, 0.25) is 0 Å². The van der Waals surface area contributed by atoms with Crippen molar-refractivity contribution in [2.24, 2.45) is 7.05 Å². The van der Waals surface area contributed by atoms with Crippen LogP contribution in [0.3, 0.4) is 0 Å². The number of hydrogen-bond donors (Lipinski definition) is 0. The lowest BCUT2D eigenvalue weighted by molar-refractivity contribution is 0.0683. The average molecular weight is 350 g/mol. The van der Waals surface area contributed by atoms with Crippen LogP contribution in [0.5, 0.6) is 0 Å². The van der Waals surface area contributed by atoms with Crippen LogP contribution in [-0.4, -0.2) is 48.2 Å². The summed E-state index contributed by atoms with van der Waals surface area (Å²) in [6, 6.07) is 6.07. The number of likely N-dealkylation sites (tertiary alicyclic amines) is 1. The zero-order valence-corrected chi connectivity index (χ0v) is 15.0. The van der Waals surface area contributed by atoms with E-state index in [0.29, 0.717) is 11.7 Å². The SMILES string of the molecule is Cc1cnc(-c2cccnc2)n1C1CCN(C(=O)c2ccnn2C)CC1. The van der Waals surface area contributed by atoms with Crippen molar-refractivity contribution < 1.29 is 4.79 Å². The van der Waals surface area contributed by atoms with Crippen LogP contribution in [0.4, 0.5) is 0 Å². The number of aromatic nitrogens is 5. The lowest BCUT2D eigenvalue weighted by Crippen LogP contribution is -2.40. The van der Waals surface area contributed by atoms with Gasteiger partial charge in [0.15, 0.2) is 0 Å². The standard InChI is InChI=1S/C19H22N6O/c1-14-12-21-18(15-4-3-8-20-13-15)25(14)16-6-10-24(11-7-16)19(26)17-5-9-22-23(17)2/h3-5,8-9,12-13,16H,6-7,10-11H2,1-2H3. The van der Waals surface area contributed by atoms with Crippen LogP contribution in [0, 0.1) is 6.92 Å². The van der Waals surface area contributed by atoms with Crippen LogP contribution in [0.15, 0.2) is 43.0 Å². The Kier molecular flexibility index (Phi) is 4.28. The summed E-state index contributed by atoms with van der Waals surface area (Å²) in [5.74, 6) is 1.00. The van der Waals surface area contributed by atoms with Crippen LogP contribution in [-0.2, 0) is 7.05 Å². The minimum Gasteiger partial charge on any atom is -0.337 e. The van der Waals surface area contributed by atoms with Crippen molar-refractivity contribution in [3.8, 4) is 11.4 Å². The van der Waals surface area contributed by atoms with E-state index in [1.165, 1.54) is 0 Å². The minimum absolute atomic E-state index is 0.0540. The molecule has 0 aromatic carbocycles. The van der Waals surface area contributed by atoms with Gasteiger partial charge in [-0.25, -0.2) is 4.98 Å². The summed E-state index contributed by atoms with van der Waals surface area (Å²) in [5, 5.41) is 4.10. The fourth-order valence-electron chi connectivity index (χ4n) is 3.69. The summed E-state index contributed by atoms with van der Waals surface area (Å²) in [4.78, 5) is 23.4. The summed E-state index contributed by atoms with van der Waals surface area (Å²) in [7, 11) is 1.80. The van der Waals surface area contributed by atoms with Crippen LogP contribution >= 0.6 is 0 Å². The van der Waals surface area contributed by atoms with Gasteiger partial charge < -0.3 is 9.47 Å². The zero-order chi connectivity index (χ0) is 18.1. The third kappa shape index (κ3) is 2.89. The number of imidazole rings is 1. The van der Waals surface area contributed by atoms with Crippen molar-refractivity contribution in [2.45, 2.75) is 25.8 Å². The molecule has 0 spiro atoms. The van der Waals surface area contributed by atoms with E-state index in [-0.39, 0.29) is 5.91 Å². The molecular weight excluding hydrogens is 328 g/mol. The van der Waals surface area contributed by atoms with Gasteiger partial charge in [0.05, 0.1) is 0 Å². The molecule has 4 rings (SSSR count). The highest BCUT2D eigenvalue weighted by atomic mass is 16.2. The molecule has 0 N–H and O–H groups in total. The Hall–Kier alpha value is -2.96. The fourth-order valence-corrected chi connectivity index (χ4v) is 3.69. The molecule has 1 saturated heterocycles. The summed E-state index contributed by atoms with van der Waals surface area (Å²) < 4.78 is 3.93. The molecule has 0 radical (unpaired) electrons. The van der Waals surface area contributed by atoms with E-state index >= 15 is 0 Å². The molecule has 1 amide bonds. The number of rotatable bonds is 3. The van der Waals surface area contributed by atoms with Crippen LogP contribution in [0.25, 0.3) is 11.4 Å². The van der Waals surface area contributed by atoms with Crippen molar-refractivity contribution in [1.82, 2.24) is 29.2 Å². The van der Waals surface area contributed by atoms with Crippen molar-refractivity contribution in [3.63, 3.8) is 0 Å². The zero-order valence-electron chi connectivity index (χ0n) is 15.0. The summed E-state index contributed by atoms with van der Waals surface area (Å²) in [5.41, 5.74) is 2.80. The van der Waals surface area contributed by atoms with Crippen molar-refractivity contribution in [2.75, 3.05) is 13.1 Å². The maximum atomic E-state index is 12.7. The average Bonchev–Trinajstić information content (AvgIpc) is 3.27. The number of pyridine rings is 1. The first kappa shape index (κ1) is 16.5. The number of carbonyl (C=O) groups excluding carboxylic acids is 1. The first-order chi connectivity index (χ1) is 12.6. The molecule has 3 aromatic rings. The van der Waals surface area contributed by atoms with E-state index in [0.717, 1.165) is 43.0 Å². The third-order valence-electron chi connectivity index (χ3n) is 5.06. The molecule has 26 heavy (non-hydrogen) atoms. The summed E-state index contributed by atoms with van der Waals surface area (Å²) in [6.45, 7) is 3.55. The van der Waals surface area contributed by atoms with Gasteiger partial charge in [-0.3, -0.25) is 14.5 Å². The molecule has 0 saturated carbocycles. The largest absolute Gasteiger partial charge is 0.337 e. The predicted octanol–water partition coefficient (Wildman–Crippen LogP) is 2.46. The molecule has 1 aliphatic rings. The molecule has 7 heteroatoms. The van der Waals surface area contributed by atoms with Crippen molar-refractivity contribution in [1.29, 1.82) is 0 Å². The van der Waals surface area contributed by atoms with E-state index in [9.17, 15) is 4.79 Å². The second kappa shape index (κ2) is 6.74. The molecule has 134 valence electrons. The maximum absolute atomic E-state index is 12.7. The normalized spacial score (nSPS) is 15.4. The summed E-state index contributed by atoms with van der Waals surface area (Å²) >= 11 is 0. The third-order valence-corrected chi connectivity index (χ3v) is 5.06. The van der Waals surface area contributed by atoms with Gasteiger partial charge in [-0.2, -0.15) is 5.10 Å². The number of nitrogens with zero attached hydrogens (tertiary/aromatic N) is 6. The van der Waals surface area contributed by atoms with Gasteiger partial charge in [0.1, 0.15) is 11.5 Å². The predicted molar refractivity (Wildman–Crippen MR) is 97.6 cm³/mol. The van der Waals surface area contributed by atoms with Crippen LogP contribution < -0.4 is 0 Å². The Morgan fingerprint density at radius 1 is 1.15 bits per heavy atom. The number of hydrogen-bond acceptors (Lipinski definition) is 4. The van der Waals surface area contributed by atoms with Gasteiger partial charge in [0, 0.05) is 62.2 Å². The molecule has 7 nitrogen and oxygen atoms in total. The molecule has 4 heterocycles. The van der Waals surface area contributed by atoms with Gasteiger partial charge >= 0.3 is 0 Å². The van der Waals surface area contributed by atoms with Crippen molar-refractivity contribution >= 4 is 5.91 Å². The molecule has 0 atom stereocenters. The Bertz CT molecular complexity index is 905. The molecular formula is C19H22N6O. The van der Waals surface area contributed by atoms with Gasteiger partial charge in [-0.05, 0) is 38.0 Å². The highest BCUT2D eigenvalue weighted by molar-refractivity contribution is 5.92. The number of piperidine rings is 1. The van der Waals surface area contributed by atoms with E-state index in [1.54, 1.807) is 30.2 Å². The number of carbonyl (C=O) groups is 1. The Morgan fingerprint density at radius 3 is 2.62 bits per heavy atom. The lowest BCUT2D eigenvalue weighted by Gasteiger charge is -2.33. The van der Waals surface area contributed by atoms with E-state index in [4.69, 9.17) is 0 Å². The Labute approximate surface area is 152 Å². The maximum Gasteiger partial charge on any atom is 0.272 e. The summed E-state index contributed by atoms with van der Waals surface area (Å²) in [6.07, 6.45) is 9.01. The fraction of sp³-hybridized carbons (Fsp3) is 0.368. The number of aryl methyl sites for hydroxylation is 2. The monoisotopic (exact) mass is 350 g/mol. The first-order valence-corrected chi connectivity index (χ1v) is 8.86. The van der Waals surface area contributed by atoms with E-state index in [1.807, 2.05) is 29.4 Å². The van der Waals surface area contributed by atoms with E-state index < -0.39 is 0 Å². The molecule has 0 aliphatic carbocycles. The molecule has 0 unspecified atom stereocenters. The van der Waals surface area contributed by atoms with Crippen molar-refractivity contribution in [3.05, 3.63) is 54.4 Å². The highest BCUT2D eigenvalue weighted by Crippen LogP contribution is 2.30. The second-order valence-corrected chi connectivity index (χ2v) is 6.70. The lowest BCUT2D eigenvalue weighted by atomic mass is 10.0. The molecule has 3 aromatic heterocycles. The Balaban J connectivity index is 1.52. The molecule has 0 bridgehead atoms. The second-order valence-electron chi connectivity index (χ2n) is 6.70. The van der Waals surface area contributed by atoms with Gasteiger partial charge in [0.25, 0.3) is 5.91 Å². The quantitative estimate of drug-likeness (QED) is 0.728. The van der Waals surface area contributed by atoms with Gasteiger partial charge in [0.2, 0.25) is 0 Å². The van der Waals surface area contributed by atoms with Gasteiger partial charge in [-0.15, -0.1) is 0 Å². The molecule has 1 aliphatic heterocycles. The smallest absolute Gasteiger partial charge is 0.272 e.